The zero-order valence-electron chi connectivity index (χ0n) is 10.5. The van der Waals surface area contributed by atoms with Crippen molar-refractivity contribution in [3.63, 3.8) is 0 Å². The molecule has 0 aromatic carbocycles. The molecule has 1 atom stereocenters. The van der Waals surface area contributed by atoms with Crippen LogP contribution >= 0.6 is 11.3 Å². The Labute approximate surface area is 103 Å². The minimum absolute atomic E-state index is 0.619. The van der Waals surface area contributed by atoms with Gasteiger partial charge in [0, 0.05) is 10.9 Å². The molecule has 1 nitrogen and oxygen atoms in total. The van der Waals surface area contributed by atoms with Crippen LogP contribution in [-0.4, -0.2) is 6.54 Å². The van der Waals surface area contributed by atoms with E-state index in [9.17, 15) is 0 Å². The van der Waals surface area contributed by atoms with Crippen molar-refractivity contribution >= 4 is 11.3 Å². The van der Waals surface area contributed by atoms with Gasteiger partial charge in [0.05, 0.1) is 0 Å². The molecule has 1 N–H and O–H groups in total. The van der Waals surface area contributed by atoms with Crippen molar-refractivity contribution in [2.75, 3.05) is 6.54 Å². The third-order valence-corrected chi connectivity index (χ3v) is 4.58. The molecule has 2 rings (SSSR count). The predicted molar refractivity (Wildman–Crippen MR) is 72.0 cm³/mol. The van der Waals surface area contributed by atoms with Gasteiger partial charge in [-0.1, -0.05) is 19.8 Å². The predicted octanol–water partition coefficient (Wildman–Crippen LogP) is 4.29. The smallest absolute Gasteiger partial charge is 0.0359 e. The van der Waals surface area contributed by atoms with Crippen LogP contribution in [-0.2, 0) is 0 Å². The SMILES string of the molecule is CCCNC(c1ccsc1C)C1CCCC1. The van der Waals surface area contributed by atoms with E-state index in [0.717, 1.165) is 12.5 Å². The zero-order chi connectivity index (χ0) is 11.4. The summed E-state index contributed by atoms with van der Waals surface area (Å²) in [4.78, 5) is 1.50. The van der Waals surface area contributed by atoms with Crippen molar-refractivity contribution in [3.05, 3.63) is 21.9 Å². The van der Waals surface area contributed by atoms with Gasteiger partial charge in [0.2, 0.25) is 0 Å². The Morgan fingerprint density at radius 2 is 2.19 bits per heavy atom. The first-order valence-corrected chi connectivity index (χ1v) is 7.48. The van der Waals surface area contributed by atoms with Gasteiger partial charge in [0.25, 0.3) is 0 Å². The number of thiophene rings is 1. The van der Waals surface area contributed by atoms with Gasteiger partial charge in [0.1, 0.15) is 0 Å². The molecule has 1 saturated carbocycles. The molecule has 0 amide bonds. The maximum absolute atomic E-state index is 3.76. The summed E-state index contributed by atoms with van der Waals surface area (Å²) in [5, 5.41) is 6.00. The Bertz CT molecular complexity index is 312. The van der Waals surface area contributed by atoms with Gasteiger partial charge in [-0.05, 0) is 55.7 Å². The third kappa shape index (κ3) is 2.67. The summed E-state index contributed by atoms with van der Waals surface area (Å²) in [6.45, 7) is 5.66. The fourth-order valence-corrected chi connectivity index (χ4v) is 3.59. The van der Waals surface area contributed by atoms with Gasteiger partial charge in [0.15, 0.2) is 0 Å². The molecule has 1 aliphatic rings. The molecule has 1 heterocycles. The number of hydrogen-bond acceptors (Lipinski definition) is 2. The first-order chi connectivity index (χ1) is 7.83. The summed E-state index contributed by atoms with van der Waals surface area (Å²) in [6, 6.07) is 2.94. The standard InChI is InChI=1S/C14H23NS/c1-3-9-15-14(12-6-4-5-7-12)13-8-10-16-11(13)2/h8,10,12,14-15H,3-7,9H2,1-2H3. The average Bonchev–Trinajstić information content (AvgIpc) is 2.91. The van der Waals surface area contributed by atoms with E-state index in [1.807, 2.05) is 11.3 Å². The summed E-state index contributed by atoms with van der Waals surface area (Å²) in [7, 11) is 0. The maximum Gasteiger partial charge on any atom is 0.0359 e. The van der Waals surface area contributed by atoms with Crippen molar-refractivity contribution in [1.29, 1.82) is 0 Å². The van der Waals surface area contributed by atoms with E-state index in [-0.39, 0.29) is 0 Å². The highest BCUT2D eigenvalue weighted by molar-refractivity contribution is 7.10. The Balaban J connectivity index is 2.10. The molecule has 1 fully saturated rings. The molecule has 0 aliphatic heterocycles. The quantitative estimate of drug-likeness (QED) is 0.805. The van der Waals surface area contributed by atoms with E-state index in [1.54, 1.807) is 5.56 Å². The molecule has 0 radical (unpaired) electrons. The third-order valence-electron chi connectivity index (χ3n) is 3.72. The van der Waals surface area contributed by atoms with Crippen LogP contribution < -0.4 is 5.32 Å². The Kier molecular flexibility index (Phi) is 4.42. The first-order valence-electron chi connectivity index (χ1n) is 6.60. The summed E-state index contributed by atoms with van der Waals surface area (Å²) in [5.41, 5.74) is 1.56. The fourth-order valence-electron chi connectivity index (χ4n) is 2.84. The van der Waals surface area contributed by atoms with Crippen LogP contribution in [0.15, 0.2) is 11.4 Å². The van der Waals surface area contributed by atoms with E-state index < -0.39 is 0 Å². The summed E-state index contributed by atoms with van der Waals surface area (Å²) >= 11 is 1.88. The van der Waals surface area contributed by atoms with Gasteiger partial charge in [-0.15, -0.1) is 11.3 Å². The Hall–Kier alpha value is -0.340. The van der Waals surface area contributed by atoms with Crippen LogP contribution in [0.5, 0.6) is 0 Å². The molecular weight excluding hydrogens is 214 g/mol. The van der Waals surface area contributed by atoms with Crippen LogP contribution in [0.1, 0.15) is 55.5 Å². The van der Waals surface area contributed by atoms with Crippen molar-refractivity contribution in [1.82, 2.24) is 5.32 Å². The van der Waals surface area contributed by atoms with E-state index in [0.29, 0.717) is 6.04 Å². The summed E-state index contributed by atoms with van der Waals surface area (Å²) in [6.07, 6.45) is 6.91. The van der Waals surface area contributed by atoms with Crippen molar-refractivity contribution < 1.29 is 0 Å². The van der Waals surface area contributed by atoms with Crippen LogP contribution in [0.3, 0.4) is 0 Å². The van der Waals surface area contributed by atoms with Crippen LogP contribution in [0, 0.1) is 12.8 Å². The number of nitrogens with one attached hydrogen (secondary N) is 1. The minimum atomic E-state index is 0.619. The van der Waals surface area contributed by atoms with Crippen LogP contribution in [0.25, 0.3) is 0 Å². The van der Waals surface area contributed by atoms with Crippen molar-refractivity contribution in [3.8, 4) is 0 Å². The molecule has 1 aromatic rings. The topological polar surface area (TPSA) is 12.0 Å². The fraction of sp³-hybridized carbons (Fsp3) is 0.714. The lowest BCUT2D eigenvalue weighted by atomic mass is 9.92. The van der Waals surface area contributed by atoms with Gasteiger partial charge >= 0.3 is 0 Å². The van der Waals surface area contributed by atoms with Gasteiger partial charge < -0.3 is 5.32 Å². The number of hydrogen-bond donors (Lipinski definition) is 1. The average molecular weight is 237 g/mol. The van der Waals surface area contributed by atoms with Crippen LogP contribution in [0.2, 0.25) is 0 Å². The largest absolute Gasteiger partial charge is 0.310 e. The van der Waals surface area contributed by atoms with Crippen LogP contribution in [0.4, 0.5) is 0 Å². The lowest BCUT2D eigenvalue weighted by molar-refractivity contribution is 0.368. The van der Waals surface area contributed by atoms with E-state index in [1.165, 1.54) is 37.0 Å². The number of aryl methyl sites for hydroxylation is 1. The molecular formula is C14H23NS. The molecule has 0 saturated heterocycles. The lowest BCUT2D eigenvalue weighted by Crippen LogP contribution is -2.27. The maximum atomic E-state index is 3.76. The van der Waals surface area contributed by atoms with Gasteiger partial charge in [-0.25, -0.2) is 0 Å². The van der Waals surface area contributed by atoms with E-state index >= 15 is 0 Å². The second kappa shape index (κ2) is 5.83. The highest BCUT2D eigenvalue weighted by Gasteiger charge is 2.26. The second-order valence-electron chi connectivity index (χ2n) is 4.91. The van der Waals surface area contributed by atoms with Gasteiger partial charge in [-0.2, -0.15) is 0 Å². The normalized spacial score (nSPS) is 19.1. The lowest BCUT2D eigenvalue weighted by Gasteiger charge is -2.25. The van der Waals surface area contributed by atoms with E-state index in [2.05, 4.69) is 30.6 Å². The van der Waals surface area contributed by atoms with Gasteiger partial charge in [-0.3, -0.25) is 0 Å². The molecule has 1 unspecified atom stereocenters. The molecule has 2 heteroatoms. The molecule has 16 heavy (non-hydrogen) atoms. The molecule has 1 aliphatic carbocycles. The molecule has 0 bridgehead atoms. The highest BCUT2D eigenvalue weighted by Crippen LogP contribution is 2.37. The Morgan fingerprint density at radius 3 is 2.75 bits per heavy atom. The second-order valence-corrected chi connectivity index (χ2v) is 6.03. The van der Waals surface area contributed by atoms with E-state index in [4.69, 9.17) is 0 Å². The summed E-state index contributed by atoms with van der Waals surface area (Å²) in [5.74, 6) is 0.875. The first kappa shape index (κ1) is 12.1. The zero-order valence-corrected chi connectivity index (χ0v) is 11.3. The monoisotopic (exact) mass is 237 g/mol. The molecule has 0 spiro atoms. The molecule has 1 aromatic heterocycles. The Morgan fingerprint density at radius 1 is 1.44 bits per heavy atom. The highest BCUT2D eigenvalue weighted by atomic mass is 32.1. The summed E-state index contributed by atoms with van der Waals surface area (Å²) < 4.78 is 0. The number of rotatable bonds is 5. The molecule has 90 valence electrons. The van der Waals surface area contributed by atoms with Crippen molar-refractivity contribution in [2.24, 2.45) is 5.92 Å². The minimum Gasteiger partial charge on any atom is -0.310 e. The van der Waals surface area contributed by atoms with Crippen molar-refractivity contribution in [2.45, 2.75) is 52.0 Å².